The third kappa shape index (κ3) is 4.66. The normalized spacial score (nSPS) is 10.5. The summed E-state index contributed by atoms with van der Waals surface area (Å²) in [6.45, 7) is 0. The molecule has 3 heteroatoms. The third-order valence-corrected chi connectivity index (χ3v) is 4.89. The monoisotopic (exact) mass is 375 g/mol. The van der Waals surface area contributed by atoms with Crippen molar-refractivity contribution in [3.63, 3.8) is 0 Å². The van der Waals surface area contributed by atoms with Crippen LogP contribution in [0.1, 0.15) is 28.7 Å². The lowest BCUT2D eigenvalue weighted by Crippen LogP contribution is -2.05. The van der Waals surface area contributed by atoms with Gasteiger partial charge in [0, 0.05) is 18.1 Å². The van der Waals surface area contributed by atoms with E-state index in [-0.39, 0.29) is 0 Å². The Hall–Kier alpha value is -2.94. The number of aryl methyl sites for hydroxylation is 2. The standard InChI is InChI=1S/C25H27O3/c1-26-23-18-21(16-10-15-19-11-6-4-7-12-19)22(24(27-2)25(23)28-3)17-20-13-8-5-9-14-20/h4-9,11-14H,10,15-17H2,1-3H3. The van der Waals surface area contributed by atoms with E-state index < -0.39 is 0 Å². The number of hydrogen-bond acceptors (Lipinski definition) is 3. The van der Waals surface area contributed by atoms with Gasteiger partial charge in [-0.15, -0.1) is 0 Å². The van der Waals surface area contributed by atoms with E-state index in [1.807, 2.05) is 6.07 Å². The molecule has 0 aliphatic rings. The molecule has 0 unspecified atom stereocenters. The molecule has 0 bridgehead atoms. The molecule has 1 radical (unpaired) electrons. The average molecular weight is 375 g/mol. The second kappa shape index (κ2) is 9.84. The van der Waals surface area contributed by atoms with E-state index in [2.05, 4.69) is 60.7 Å². The fraction of sp³-hybridized carbons (Fsp3) is 0.280. The maximum absolute atomic E-state index is 5.76. The molecule has 0 heterocycles. The summed E-state index contributed by atoms with van der Waals surface area (Å²) in [6, 6.07) is 24.4. The topological polar surface area (TPSA) is 27.7 Å². The van der Waals surface area contributed by atoms with E-state index in [0.29, 0.717) is 11.5 Å². The molecule has 28 heavy (non-hydrogen) atoms. The van der Waals surface area contributed by atoms with Gasteiger partial charge in [0.1, 0.15) is 0 Å². The molecule has 0 spiro atoms. The predicted molar refractivity (Wildman–Crippen MR) is 113 cm³/mol. The highest BCUT2D eigenvalue weighted by Gasteiger charge is 2.21. The molecule has 0 aliphatic carbocycles. The van der Waals surface area contributed by atoms with Gasteiger partial charge in [-0.1, -0.05) is 60.7 Å². The molecule has 0 N–H and O–H groups in total. The molecule has 3 rings (SSSR count). The summed E-state index contributed by atoms with van der Waals surface area (Å²) in [7, 11) is 4.95. The first-order valence-corrected chi connectivity index (χ1v) is 9.57. The largest absolute Gasteiger partial charge is 0.492 e. The molecular formula is C25H27O3. The summed E-state index contributed by atoms with van der Waals surface area (Å²) in [5.41, 5.74) is 4.80. The van der Waals surface area contributed by atoms with Crippen molar-refractivity contribution in [2.75, 3.05) is 21.3 Å². The van der Waals surface area contributed by atoms with E-state index in [1.165, 1.54) is 11.1 Å². The first-order valence-electron chi connectivity index (χ1n) is 9.57. The molecule has 0 atom stereocenters. The lowest BCUT2D eigenvalue weighted by Gasteiger charge is -2.19. The lowest BCUT2D eigenvalue weighted by molar-refractivity contribution is 0.321. The maximum Gasteiger partial charge on any atom is 0.204 e. The molecule has 3 nitrogen and oxygen atoms in total. The fourth-order valence-electron chi connectivity index (χ4n) is 3.51. The van der Waals surface area contributed by atoms with Gasteiger partial charge in [0.2, 0.25) is 5.75 Å². The van der Waals surface area contributed by atoms with Crippen molar-refractivity contribution in [3.05, 3.63) is 89.0 Å². The van der Waals surface area contributed by atoms with Crippen LogP contribution in [-0.4, -0.2) is 21.3 Å². The van der Waals surface area contributed by atoms with Crippen LogP contribution in [0.5, 0.6) is 17.2 Å². The molecule has 3 aromatic carbocycles. The number of ether oxygens (including phenoxy) is 3. The minimum atomic E-state index is 0.589. The zero-order valence-corrected chi connectivity index (χ0v) is 16.8. The van der Waals surface area contributed by atoms with Gasteiger partial charge in [0.15, 0.2) is 11.5 Å². The van der Waals surface area contributed by atoms with Crippen LogP contribution in [0.25, 0.3) is 0 Å². The maximum atomic E-state index is 5.76. The van der Waals surface area contributed by atoms with Crippen LogP contribution in [0.4, 0.5) is 0 Å². The fourth-order valence-corrected chi connectivity index (χ4v) is 3.51. The van der Waals surface area contributed by atoms with Crippen molar-refractivity contribution < 1.29 is 14.2 Å². The molecule has 145 valence electrons. The van der Waals surface area contributed by atoms with Gasteiger partial charge in [-0.05, 0) is 36.0 Å². The van der Waals surface area contributed by atoms with Crippen molar-refractivity contribution in [1.82, 2.24) is 0 Å². The van der Waals surface area contributed by atoms with E-state index in [4.69, 9.17) is 14.2 Å². The molecular weight excluding hydrogens is 348 g/mol. The zero-order valence-electron chi connectivity index (χ0n) is 16.8. The molecule has 0 saturated heterocycles. The van der Waals surface area contributed by atoms with E-state index in [9.17, 15) is 0 Å². The smallest absolute Gasteiger partial charge is 0.204 e. The van der Waals surface area contributed by atoms with Crippen LogP contribution < -0.4 is 14.2 Å². The Bertz CT molecular complexity index is 873. The molecule has 0 fully saturated rings. The quantitative estimate of drug-likeness (QED) is 0.509. The van der Waals surface area contributed by atoms with Gasteiger partial charge in [-0.2, -0.15) is 0 Å². The Morgan fingerprint density at radius 1 is 0.679 bits per heavy atom. The molecule has 0 aromatic heterocycles. The number of benzene rings is 3. The van der Waals surface area contributed by atoms with Gasteiger partial charge in [-0.25, -0.2) is 0 Å². The Kier molecular flexibility index (Phi) is 6.96. The summed E-state index contributed by atoms with van der Waals surface area (Å²) in [6.07, 6.45) is 3.71. The van der Waals surface area contributed by atoms with E-state index in [0.717, 1.165) is 42.6 Å². The Labute approximate surface area is 167 Å². The molecule has 3 aromatic rings. The predicted octanol–water partition coefficient (Wildman–Crippen LogP) is 5.28. The minimum absolute atomic E-state index is 0.589. The van der Waals surface area contributed by atoms with Gasteiger partial charge < -0.3 is 14.2 Å². The summed E-state index contributed by atoms with van der Waals surface area (Å²) in [5.74, 6) is 1.92. The van der Waals surface area contributed by atoms with Gasteiger partial charge in [0.25, 0.3) is 0 Å². The van der Waals surface area contributed by atoms with Crippen LogP contribution in [0, 0.1) is 6.07 Å². The summed E-state index contributed by atoms with van der Waals surface area (Å²) in [5, 5.41) is 0. The highest BCUT2D eigenvalue weighted by molar-refractivity contribution is 5.59. The van der Waals surface area contributed by atoms with E-state index >= 15 is 0 Å². The van der Waals surface area contributed by atoms with Crippen LogP contribution in [0.2, 0.25) is 0 Å². The van der Waals surface area contributed by atoms with Crippen LogP contribution in [-0.2, 0) is 19.3 Å². The summed E-state index contributed by atoms with van der Waals surface area (Å²) < 4.78 is 16.9. The van der Waals surface area contributed by atoms with Crippen LogP contribution in [0.3, 0.4) is 0 Å². The highest BCUT2D eigenvalue weighted by atomic mass is 16.5. The van der Waals surface area contributed by atoms with Crippen LogP contribution in [0.15, 0.2) is 60.7 Å². The summed E-state index contributed by atoms with van der Waals surface area (Å²) in [4.78, 5) is 0. The summed E-state index contributed by atoms with van der Waals surface area (Å²) >= 11 is 0. The number of rotatable bonds is 9. The molecule has 0 saturated carbocycles. The van der Waals surface area contributed by atoms with Gasteiger partial charge in [-0.3, -0.25) is 0 Å². The molecule has 0 amide bonds. The zero-order chi connectivity index (χ0) is 19.8. The van der Waals surface area contributed by atoms with Crippen LogP contribution >= 0.6 is 0 Å². The van der Waals surface area contributed by atoms with Crippen molar-refractivity contribution in [3.8, 4) is 17.2 Å². The minimum Gasteiger partial charge on any atom is -0.492 e. The lowest BCUT2D eigenvalue weighted by atomic mass is 9.93. The van der Waals surface area contributed by atoms with E-state index in [1.54, 1.807) is 21.3 Å². The highest BCUT2D eigenvalue weighted by Crippen LogP contribution is 2.42. The number of hydrogen-bond donors (Lipinski definition) is 0. The third-order valence-electron chi connectivity index (χ3n) is 4.89. The van der Waals surface area contributed by atoms with Gasteiger partial charge in [0.05, 0.1) is 21.3 Å². The van der Waals surface area contributed by atoms with Gasteiger partial charge >= 0.3 is 0 Å². The first kappa shape index (κ1) is 19.8. The second-order valence-electron chi connectivity index (χ2n) is 6.68. The SMILES string of the molecule is COc1[c]c(CCCc2ccccc2)c(Cc2ccccc2)c(OC)c1OC. The average Bonchev–Trinajstić information content (AvgIpc) is 2.75. The Morgan fingerprint density at radius 3 is 1.86 bits per heavy atom. The first-order chi connectivity index (χ1) is 13.8. The Balaban J connectivity index is 1.93. The van der Waals surface area contributed by atoms with Crippen molar-refractivity contribution in [2.45, 2.75) is 25.7 Å². The number of methoxy groups -OCH3 is 3. The Morgan fingerprint density at radius 2 is 1.29 bits per heavy atom. The van der Waals surface area contributed by atoms with Crippen molar-refractivity contribution in [2.24, 2.45) is 0 Å². The van der Waals surface area contributed by atoms with Crippen molar-refractivity contribution in [1.29, 1.82) is 0 Å². The molecule has 0 aliphatic heterocycles. The van der Waals surface area contributed by atoms with Crippen molar-refractivity contribution >= 4 is 0 Å². The second-order valence-corrected chi connectivity index (χ2v) is 6.68.